The van der Waals surface area contributed by atoms with E-state index in [-0.39, 0.29) is 17.9 Å². The Morgan fingerprint density at radius 2 is 2.24 bits per heavy atom. The minimum Gasteiger partial charge on any atom is -0.344 e. The SMILES string of the molecule is CCCC1NC(=O)CCN(C(C)c2ncc(CC)s2)C1=O. The molecule has 1 aliphatic heterocycles. The number of thiazole rings is 1. The van der Waals surface area contributed by atoms with Crippen molar-refractivity contribution in [1.29, 1.82) is 0 Å². The summed E-state index contributed by atoms with van der Waals surface area (Å²) in [5, 5.41) is 3.78. The Morgan fingerprint density at radius 3 is 2.86 bits per heavy atom. The summed E-state index contributed by atoms with van der Waals surface area (Å²) in [6, 6.07) is -0.465. The van der Waals surface area contributed by atoms with Gasteiger partial charge in [0, 0.05) is 24.0 Å². The van der Waals surface area contributed by atoms with Crippen molar-refractivity contribution in [3.05, 3.63) is 16.1 Å². The number of aromatic nitrogens is 1. The van der Waals surface area contributed by atoms with Crippen LogP contribution in [0.2, 0.25) is 0 Å². The lowest BCUT2D eigenvalue weighted by Gasteiger charge is -2.28. The molecular weight excluding hydrogens is 286 g/mol. The Balaban J connectivity index is 2.19. The van der Waals surface area contributed by atoms with Gasteiger partial charge < -0.3 is 10.2 Å². The van der Waals surface area contributed by atoms with Crippen molar-refractivity contribution in [2.24, 2.45) is 0 Å². The zero-order chi connectivity index (χ0) is 15.4. The molecule has 2 heterocycles. The first-order valence-corrected chi connectivity index (χ1v) is 8.42. The fourth-order valence-corrected chi connectivity index (χ4v) is 3.46. The summed E-state index contributed by atoms with van der Waals surface area (Å²) in [4.78, 5) is 31.9. The molecule has 1 fully saturated rings. The van der Waals surface area contributed by atoms with Crippen LogP contribution >= 0.6 is 11.3 Å². The second-order valence-electron chi connectivity index (χ2n) is 5.38. The van der Waals surface area contributed by atoms with Crippen LogP contribution in [0.4, 0.5) is 0 Å². The van der Waals surface area contributed by atoms with Crippen LogP contribution in [0, 0.1) is 0 Å². The molecule has 1 aromatic heterocycles. The first-order chi connectivity index (χ1) is 10.1. The average Bonchev–Trinajstić information content (AvgIpc) is 2.90. The molecule has 1 saturated heterocycles. The van der Waals surface area contributed by atoms with E-state index in [1.165, 1.54) is 4.88 Å². The maximum absolute atomic E-state index is 12.7. The van der Waals surface area contributed by atoms with Crippen LogP contribution < -0.4 is 5.32 Å². The number of nitrogens with one attached hydrogen (secondary N) is 1. The standard InChI is InChI=1S/C15H23N3O2S/c1-4-6-12-15(20)18(8-7-13(19)17-12)10(3)14-16-9-11(5-2)21-14/h9-10,12H,4-8H2,1-3H3,(H,17,19). The lowest BCUT2D eigenvalue weighted by atomic mass is 10.1. The highest BCUT2D eigenvalue weighted by Gasteiger charge is 2.33. The van der Waals surface area contributed by atoms with Crippen molar-refractivity contribution in [2.75, 3.05) is 6.54 Å². The summed E-state index contributed by atoms with van der Waals surface area (Å²) < 4.78 is 0. The first kappa shape index (κ1) is 15.9. The second-order valence-corrected chi connectivity index (χ2v) is 6.53. The van der Waals surface area contributed by atoms with Crippen LogP contribution in [-0.4, -0.2) is 34.3 Å². The van der Waals surface area contributed by atoms with Gasteiger partial charge in [-0.1, -0.05) is 20.3 Å². The van der Waals surface area contributed by atoms with Gasteiger partial charge in [-0.25, -0.2) is 4.98 Å². The molecule has 6 heteroatoms. The molecule has 2 atom stereocenters. The monoisotopic (exact) mass is 309 g/mol. The minimum absolute atomic E-state index is 0.0171. The van der Waals surface area contributed by atoms with Crippen molar-refractivity contribution in [3.8, 4) is 0 Å². The molecule has 1 aromatic rings. The molecular formula is C15H23N3O2S. The maximum atomic E-state index is 12.7. The third kappa shape index (κ3) is 3.61. The molecule has 1 N–H and O–H groups in total. The Labute approximate surface area is 129 Å². The van der Waals surface area contributed by atoms with Gasteiger partial charge in [0.25, 0.3) is 0 Å². The zero-order valence-corrected chi connectivity index (χ0v) is 13.7. The van der Waals surface area contributed by atoms with Gasteiger partial charge in [-0.15, -0.1) is 11.3 Å². The molecule has 0 bridgehead atoms. The van der Waals surface area contributed by atoms with E-state index in [1.54, 1.807) is 16.2 Å². The van der Waals surface area contributed by atoms with E-state index < -0.39 is 6.04 Å². The summed E-state index contributed by atoms with van der Waals surface area (Å²) in [6.45, 7) is 6.58. The molecule has 116 valence electrons. The molecule has 0 saturated carbocycles. The number of nitrogens with zero attached hydrogens (tertiary/aromatic N) is 2. The second kappa shape index (κ2) is 7.02. The molecule has 0 spiro atoms. The molecule has 0 aliphatic carbocycles. The number of amides is 2. The Morgan fingerprint density at radius 1 is 1.48 bits per heavy atom. The third-order valence-electron chi connectivity index (χ3n) is 3.82. The molecule has 1 aliphatic rings. The third-order valence-corrected chi connectivity index (χ3v) is 5.13. The van der Waals surface area contributed by atoms with Crippen LogP contribution in [0.3, 0.4) is 0 Å². The van der Waals surface area contributed by atoms with Gasteiger partial charge in [0.05, 0.1) is 6.04 Å². The van der Waals surface area contributed by atoms with Gasteiger partial charge in [-0.05, 0) is 19.8 Å². The number of carbonyl (C=O) groups is 2. The molecule has 0 radical (unpaired) electrons. The highest BCUT2D eigenvalue weighted by Crippen LogP contribution is 2.27. The molecule has 2 unspecified atom stereocenters. The molecule has 5 nitrogen and oxygen atoms in total. The summed E-state index contributed by atoms with van der Waals surface area (Å²) in [6.07, 6.45) is 4.76. The van der Waals surface area contributed by atoms with E-state index in [4.69, 9.17) is 0 Å². The summed E-state index contributed by atoms with van der Waals surface area (Å²) in [5.41, 5.74) is 0. The quantitative estimate of drug-likeness (QED) is 0.907. The zero-order valence-electron chi connectivity index (χ0n) is 12.9. The lowest BCUT2D eigenvalue weighted by molar-refractivity contribution is -0.135. The summed E-state index contributed by atoms with van der Waals surface area (Å²) in [7, 11) is 0. The van der Waals surface area contributed by atoms with Crippen LogP contribution in [0.1, 0.15) is 56.0 Å². The van der Waals surface area contributed by atoms with Crippen molar-refractivity contribution < 1.29 is 9.59 Å². The number of hydrogen-bond acceptors (Lipinski definition) is 4. The largest absolute Gasteiger partial charge is 0.344 e. The van der Waals surface area contributed by atoms with Crippen LogP contribution in [0.25, 0.3) is 0 Å². The van der Waals surface area contributed by atoms with Gasteiger partial charge in [0.15, 0.2) is 0 Å². The van der Waals surface area contributed by atoms with Crippen molar-refractivity contribution in [3.63, 3.8) is 0 Å². The Bertz CT molecular complexity index is 515. The predicted octanol–water partition coefficient (Wildman–Crippen LogP) is 2.28. The van der Waals surface area contributed by atoms with E-state index in [1.807, 2.05) is 20.0 Å². The number of rotatable bonds is 5. The number of hydrogen-bond donors (Lipinski definition) is 1. The van der Waals surface area contributed by atoms with E-state index in [9.17, 15) is 9.59 Å². The number of carbonyl (C=O) groups excluding carboxylic acids is 2. The molecule has 2 amide bonds. The fraction of sp³-hybridized carbons (Fsp3) is 0.667. The van der Waals surface area contributed by atoms with Crippen molar-refractivity contribution >= 4 is 23.2 Å². The number of aryl methyl sites for hydroxylation is 1. The van der Waals surface area contributed by atoms with Crippen LogP contribution in [0.15, 0.2) is 6.20 Å². The van der Waals surface area contributed by atoms with E-state index in [0.717, 1.165) is 17.8 Å². The van der Waals surface area contributed by atoms with Crippen LogP contribution in [-0.2, 0) is 16.0 Å². The lowest BCUT2D eigenvalue weighted by Crippen LogP contribution is -2.45. The predicted molar refractivity (Wildman–Crippen MR) is 83.1 cm³/mol. The van der Waals surface area contributed by atoms with Crippen molar-refractivity contribution in [1.82, 2.24) is 15.2 Å². The van der Waals surface area contributed by atoms with E-state index in [0.29, 0.717) is 19.4 Å². The van der Waals surface area contributed by atoms with Gasteiger partial charge in [-0.3, -0.25) is 9.59 Å². The van der Waals surface area contributed by atoms with Gasteiger partial charge in [-0.2, -0.15) is 0 Å². The van der Waals surface area contributed by atoms with E-state index >= 15 is 0 Å². The Hall–Kier alpha value is -1.43. The first-order valence-electron chi connectivity index (χ1n) is 7.61. The highest BCUT2D eigenvalue weighted by molar-refractivity contribution is 7.11. The molecule has 2 rings (SSSR count). The maximum Gasteiger partial charge on any atom is 0.245 e. The van der Waals surface area contributed by atoms with Gasteiger partial charge >= 0.3 is 0 Å². The summed E-state index contributed by atoms with van der Waals surface area (Å²) >= 11 is 1.65. The minimum atomic E-state index is -0.391. The van der Waals surface area contributed by atoms with Crippen molar-refractivity contribution in [2.45, 2.75) is 58.5 Å². The Kier molecular flexibility index (Phi) is 5.33. The fourth-order valence-electron chi connectivity index (χ4n) is 2.54. The smallest absolute Gasteiger partial charge is 0.245 e. The van der Waals surface area contributed by atoms with Crippen LogP contribution in [0.5, 0.6) is 0 Å². The van der Waals surface area contributed by atoms with Gasteiger partial charge in [0.2, 0.25) is 11.8 Å². The highest BCUT2D eigenvalue weighted by atomic mass is 32.1. The van der Waals surface area contributed by atoms with Gasteiger partial charge in [0.1, 0.15) is 11.0 Å². The molecule has 21 heavy (non-hydrogen) atoms. The topological polar surface area (TPSA) is 62.3 Å². The molecule has 0 aromatic carbocycles. The average molecular weight is 309 g/mol. The normalized spacial score (nSPS) is 21.1. The summed E-state index contributed by atoms with van der Waals surface area (Å²) in [5.74, 6) is -0.0201. The van der Waals surface area contributed by atoms with E-state index in [2.05, 4.69) is 17.2 Å².